The third-order valence-electron chi connectivity index (χ3n) is 3.77. The van der Waals surface area contributed by atoms with Gasteiger partial charge in [-0.2, -0.15) is 0 Å². The molecule has 0 aromatic carbocycles. The lowest BCUT2D eigenvalue weighted by Gasteiger charge is -2.34. The van der Waals surface area contributed by atoms with Gasteiger partial charge in [-0.25, -0.2) is 9.97 Å². The maximum absolute atomic E-state index is 11.4. The first-order valence-electron chi connectivity index (χ1n) is 6.51. The van der Waals surface area contributed by atoms with Crippen molar-refractivity contribution in [3.63, 3.8) is 0 Å². The Hall–Kier alpha value is -1.55. The number of anilines is 1. The molecule has 3 N–H and O–H groups in total. The Bertz CT molecular complexity index is 781. The molecule has 11 heteroatoms. The van der Waals surface area contributed by atoms with Crippen LogP contribution in [0.1, 0.15) is 6.23 Å². The zero-order valence-corrected chi connectivity index (χ0v) is 12.0. The lowest BCUT2D eigenvalue weighted by molar-refractivity contribution is -0.245. The highest BCUT2D eigenvalue weighted by atomic mass is 31.2. The van der Waals surface area contributed by atoms with E-state index in [1.54, 1.807) is 16.8 Å². The second-order valence-corrected chi connectivity index (χ2v) is 6.45. The van der Waals surface area contributed by atoms with E-state index in [0.29, 0.717) is 16.9 Å². The fraction of sp³-hybridized carbons (Fsp3) is 0.455. The molecule has 0 aliphatic carbocycles. The fourth-order valence-electron chi connectivity index (χ4n) is 2.75. The van der Waals surface area contributed by atoms with E-state index < -0.39 is 32.4 Å². The molecule has 2 aliphatic rings. The SMILES string of the molecule is Nc1ncnc2c1ccn2[C@@H]1O[C@@H]2COP(=O)([O-])O[C@H]2[C@H]1O. The van der Waals surface area contributed by atoms with Crippen molar-refractivity contribution in [2.45, 2.75) is 24.5 Å². The number of hydrogen-bond donors (Lipinski definition) is 2. The summed E-state index contributed by atoms with van der Waals surface area (Å²) in [7, 11) is -4.40. The van der Waals surface area contributed by atoms with Crippen molar-refractivity contribution in [2.75, 3.05) is 12.3 Å². The van der Waals surface area contributed by atoms with E-state index in [2.05, 4.69) is 14.5 Å². The Labute approximate surface area is 124 Å². The molecule has 0 spiro atoms. The van der Waals surface area contributed by atoms with Crippen LogP contribution in [0.4, 0.5) is 5.82 Å². The van der Waals surface area contributed by atoms with Crippen molar-refractivity contribution in [3.05, 3.63) is 18.6 Å². The number of aliphatic hydroxyl groups excluding tert-OH is 1. The van der Waals surface area contributed by atoms with Crippen LogP contribution in [0, 0.1) is 0 Å². The molecular formula is C11H12N4O6P-. The number of fused-ring (bicyclic) bond motifs is 2. The van der Waals surface area contributed by atoms with E-state index >= 15 is 0 Å². The Kier molecular flexibility index (Phi) is 3.02. The summed E-state index contributed by atoms with van der Waals surface area (Å²) >= 11 is 0. The molecule has 0 radical (unpaired) electrons. The van der Waals surface area contributed by atoms with Gasteiger partial charge in [0.15, 0.2) is 6.23 Å². The van der Waals surface area contributed by atoms with E-state index in [4.69, 9.17) is 15.0 Å². The van der Waals surface area contributed by atoms with Gasteiger partial charge in [-0.1, -0.05) is 0 Å². The number of aromatic nitrogens is 3. The molecule has 0 bridgehead atoms. The third-order valence-corrected chi connectivity index (χ3v) is 4.74. The molecule has 4 rings (SSSR count). The van der Waals surface area contributed by atoms with Gasteiger partial charge in [0.05, 0.1) is 12.0 Å². The van der Waals surface area contributed by atoms with Crippen molar-refractivity contribution >= 4 is 24.7 Å². The number of ether oxygens (including phenoxy) is 1. The highest BCUT2D eigenvalue weighted by Gasteiger charge is 2.50. The van der Waals surface area contributed by atoms with Crippen molar-refractivity contribution in [1.82, 2.24) is 14.5 Å². The lowest BCUT2D eigenvalue weighted by atomic mass is 10.1. The van der Waals surface area contributed by atoms with Crippen molar-refractivity contribution < 1.29 is 28.3 Å². The minimum absolute atomic E-state index is 0.199. The molecule has 5 atom stereocenters. The summed E-state index contributed by atoms with van der Waals surface area (Å²) in [5, 5.41) is 11.0. The van der Waals surface area contributed by atoms with Gasteiger partial charge in [-0.15, -0.1) is 0 Å². The average Bonchev–Trinajstić information content (AvgIpc) is 3.01. The summed E-state index contributed by atoms with van der Waals surface area (Å²) in [4.78, 5) is 19.4. The summed E-state index contributed by atoms with van der Waals surface area (Å²) in [6, 6.07) is 1.69. The molecule has 2 saturated heterocycles. The van der Waals surface area contributed by atoms with Gasteiger partial charge in [-0.3, -0.25) is 4.57 Å². The molecule has 1 unspecified atom stereocenters. The first-order chi connectivity index (χ1) is 10.5. The molecule has 0 amide bonds. The maximum atomic E-state index is 11.4. The zero-order valence-electron chi connectivity index (χ0n) is 11.1. The van der Waals surface area contributed by atoms with Gasteiger partial charge in [0.2, 0.25) is 0 Å². The Morgan fingerprint density at radius 2 is 2.32 bits per heavy atom. The summed E-state index contributed by atoms with van der Waals surface area (Å²) in [6.07, 6.45) is -0.815. The first kappa shape index (κ1) is 14.1. The van der Waals surface area contributed by atoms with Crippen LogP contribution in [0.15, 0.2) is 18.6 Å². The van der Waals surface area contributed by atoms with Crippen LogP contribution in [0.2, 0.25) is 0 Å². The second-order valence-electron chi connectivity index (χ2n) is 5.09. The normalized spacial score (nSPS) is 38.3. The zero-order chi connectivity index (χ0) is 15.5. The number of nitrogens with two attached hydrogens (primary N) is 1. The molecule has 22 heavy (non-hydrogen) atoms. The molecule has 4 heterocycles. The maximum Gasteiger partial charge on any atom is 0.268 e. The summed E-state index contributed by atoms with van der Waals surface area (Å²) < 4.78 is 28.0. The molecule has 2 fully saturated rings. The number of hydrogen-bond acceptors (Lipinski definition) is 9. The third kappa shape index (κ3) is 2.04. The van der Waals surface area contributed by atoms with E-state index in [-0.39, 0.29) is 6.61 Å². The molecular weight excluding hydrogens is 315 g/mol. The minimum atomic E-state index is -4.40. The number of phosphoric ester groups is 1. The monoisotopic (exact) mass is 327 g/mol. The average molecular weight is 327 g/mol. The van der Waals surface area contributed by atoms with Crippen LogP contribution in [0.5, 0.6) is 0 Å². The van der Waals surface area contributed by atoms with Gasteiger partial charge in [-0.05, 0) is 6.07 Å². The molecule has 2 aromatic rings. The van der Waals surface area contributed by atoms with Gasteiger partial charge in [0, 0.05) is 6.20 Å². The Balaban J connectivity index is 1.71. The first-order valence-corrected chi connectivity index (χ1v) is 7.97. The highest BCUT2D eigenvalue weighted by molar-refractivity contribution is 7.45. The number of phosphoric acid groups is 1. The van der Waals surface area contributed by atoms with Gasteiger partial charge < -0.3 is 34.1 Å². The van der Waals surface area contributed by atoms with Crippen LogP contribution in [-0.4, -0.2) is 44.6 Å². The number of rotatable bonds is 1. The summed E-state index contributed by atoms with van der Waals surface area (Å²) in [5.41, 5.74) is 6.24. The Morgan fingerprint density at radius 1 is 1.50 bits per heavy atom. The Morgan fingerprint density at radius 3 is 3.14 bits per heavy atom. The number of aliphatic hydroxyl groups is 1. The lowest BCUT2D eigenvalue weighted by Crippen LogP contribution is -2.41. The van der Waals surface area contributed by atoms with Crippen molar-refractivity contribution in [2.24, 2.45) is 0 Å². The molecule has 10 nitrogen and oxygen atoms in total. The molecule has 2 aromatic heterocycles. The predicted molar refractivity (Wildman–Crippen MR) is 70.3 cm³/mol. The van der Waals surface area contributed by atoms with Gasteiger partial charge in [0.25, 0.3) is 7.82 Å². The van der Waals surface area contributed by atoms with E-state index in [1.165, 1.54) is 6.33 Å². The van der Waals surface area contributed by atoms with Crippen molar-refractivity contribution in [3.8, 4) is 0 Å². The van der Waals surface area contributed by atoms with Crippen molar-refractivity contribution in [1.29, 1.82) is 0 Å². The summed E-state index contributed by atoms with van der Waals surface area (Å²) in [5.74, 6) is 0.303. The second kappa shape index (κ2) is 4.72. The number of nitrogen functional groups attached to an aromatic ring is 1. The van der Waals surface area contributed by atoms with Crippen LogP contribution in [-0.2, 0) is 18.3 Å². The fourth-order valence-corrected chi connectivity index (χ4v) is 3.70. The molecule has 118 valence electrons. The topological polar surface area (TPSA) is 145 Å². The van der Waals surface area contributed by atoms with Crippen LogP contribution < -0.4 is 10.6 Å². The largest absolute Gasteiger partial charge is 0.756 e. The van der Waals surface area contributed by atoms with E-state index in [1.807, 2.05) is 0 Å². The quantitative estimate of drug-likeness (QED) is 0.640. The number of nitrogens with zero attached hydrogens (tertiary/aromatic N) is 3. The van der Waals surface area contributed by atoms with Crippen LogP contribution >= 0.6 is 7.82 Å². The van der Waals surface area contributed by atoms with E-state index in [9.17, 15) is 14.6 Å². The minimum Gasteiger partial charge on any atom is -0.756 e. The van der Waals surface area contributed by atoms with Crippen LogP contribution in [0.3, 0.4) is 0 Å². The van der Waals surface area contributed by atoms with E-state index in [0.717, 1.165) is 0 Å². The van der Waals surface area contributed by atoms with Gasteiger partial charge >= 0.3 is 0 Å². The molecule has 0 saturated carbocycles. The van der Waals surface area contributed by atoms with Crippen LogP contribution in [0.25, 0.3) is 11.0 Å². The summed E-state index contributed by atoms with van der Waals surface area (Å²) in [6.45, 7) is -0.199. The smallest absolute Gasteiger partial charge is 0.268 e. The standard InChI is InChI=1S/C11H13N4O6P/c12-9-5-1-2-15(10(5)14-4-13-9)11-7(16)8-6(20-11)3-19-22(17,18)21-8/h1-2,4,6-8,11,16H,3H2,(H,17,18)(H2,12,13,14)/p-1/t6-,7-,8-,11-/m1/s1. The highest BCUT2D eigenvalue weighted by Crippen LogP contribution is 2.49. The van der Waals surface area contributed by atoms with Gasteiger partial charge in [0.1, 0.15) is 36.1 Å². The molecule has 2 aliphatic heterocycles. The predicted octanol–water partition coefficient (Wildman–Crippen LogP) is -0.844.